The number of carbonyl (C=O) groups is 2. The number of pyridine rings is 1. The lowest BCUT2D eigenvalue weighted by Crippen LogP contribution is -2.16. The molecule has 2 amide bonds. The van der Waals surface area contributed by atoms with Crippen molar-refractivity contribution in [3.63, 3.8) is 0 Å². The molecule has 0 saturated heterocycles. The molecule has 0 radical (unpaired) electrons. The number of ether oxygens (including phenoxy) is 2. The lowest BCUT2D eigenvalue weighted by atomic mass is 10.1. The van der Waals surface area contributed by atoms with Crippen molar-refractivity contribution in [1.29, 1.82) is 0 Å². The number of aromatic nitrogens is 1. The van der Waals surface area contributed by atoms with Crippen LogP contribution in [0.3, 0.4) is 0 Å². The molecular weight excluding hydrogens is 382 g/mol. The van der Waals surface area contributed by atoms with Crippen molar-refractivity contribution in [2.75, 3.05) is 17.4 Å². The second kappa shape index (κ2) is 7.58. The monoisotopic (exact) mass is 395 g/mol. The maximum Gasteiger partial charge on any atom is 0.257 e. The smallest absolute Gasteiger partial charge is 0.257 e. The molecular formula is C20H14ClN3O4. The van der Waals surface area contributed by atoms with Crippen LogP contribution in [0.1, 0.15) is 20.7 Å². The number of carbonyl (C=O) groups excluding carboxylic acids is 2. The zero-order chi connectivity index (χ0) is 19.5. The van der Waals surface area contributed by atoms with Gasteiger partial charge in [-0.05, 0) is 42.5 Å². The van der Waals surface area contributed by atoms with Crippen LogP contribution in [0, 0.1) is 0 Å². The van der Waals surface area contributed by atoms with Crippen molar-refractivity contribution >= 4 is 34.8 Å². The number of benzene rings is 2. The first-order chi connectivity index (χ1) is 13.6. The van der Waals surface area contributed by atoms with Gasteiger partial charge in [0.05, 0.1) is 11.1 Å². The van der Waals surface area contributed by atoms with Gasteiger partial charge in [-0.2, -0.15) is 0 Å². The lowest BCUT2D eigenvalue weighted by molar-refractivity contribution is 0.102. The number of rotatable bonds is 4. The Morgan fingerprint density at radius 1 is 0.821 bits per heavy atom. The van der Waals surface area contributed by atoms with Crippen LogP contribution in [0.4, 0.5) is 11.4 Å². The predicted octanol–water partition coefficient (Wildman–Crippen LogP) is 3.97. The van der Waals surface area contributed by atoms with Crippen LogP contribution in [-0.2, 0) is 0 Å². The van der Waals surface area contributed by atoms with Crippen molar-refractivity contribution in [1.82, 2.24) is 4.98 Å². The molecule has 0 aliphatic carbocycles. The Morgan fingerprint density at radius 3 is 2.14 bits per heavy atom. The summed E-state index contributed by atoms with van der Waals surface area (Å²) in [7, 11) is 0. The molecule has 8 heteroatoms. The van der Waals surface area contributed by atoms with Crippen LogP contribution in [0.2, 0.25) is 5.02 Å². The molecule has 0 spiro atoms. The summed E-state index contributed by atoms with van der Waals surface area (Å²) in [5.41, 5.74) is 1.64. The molecule has 140 valence electrons. The van der Waals surface area contributed by atoms with E-state index in [0.29, 0.717) is 27.9 Å². The minimum absolute atomic E-state index is 0.154. The standard InChI is InChI=1S/C20H14ClN3O4/c21-14-1-3-15(4-2-14)23-19(25)12-7-13(10-22-9-12)20(26)24-16-5-6-17-18(8-16)28-11-27-17/h1-10H,11H2,(H,23,25)(H,24,26). The first kappa shape index (κ1) is 17.8. The molecule has 0 atom stereocenters. The van der Waals surface area contributed by atoms with Crippen molar-refractivity contribution in [2.24, 2.45) is 0 Å². The summed E-state index contributed by atoms with van der Waals surface area (Å²) in [5, 5.41) is 6.05. The van der Waals surface area contributed by atoms with E-state index in [1.54, 1.807) is 42.5 Å². The molecule has 0 unspecified atom stereocenters. The highest BCUT2D eigenvalue weighted by molar-refractivity contribution is 6.30. The van der Waals surface area contributed by atoms with Gasteiger partial charge in [0.25, 0.3) is 11.8 Å². The summed E-state index contributed by atoms with van der Waals surface area (Å²) in [6, 6.07) is 13.3. The van der Waals surface area contributed by atoms with Gasteiger partial charge < -0.3 is 20.1 Å². The van der Waals surface area contributed by atoms with Gasteiger partial charge in [-0.15, -0.1) is 0 Å². The molecule has 1 aliphatic rings. The number of fused-ring (bicyclic) bond motifs is 1. The fraction of sp³-hybridized carbons (Fsp3) is 0.0500. The van der Waals surface area contributed by atoms with Gasteiger partial charge >= 0.3 is 0 Å². The number of anilines is 2. The van der Waals surface area contributed by atoms with Crippen LogP contribution in [0.15, 0.2) is 60.9 Å². The average molecular weight is 396 g/mol. The van der Waals surface area contributed by atoms with E-state index in [4.69, 9.17) is 21.1 Å². The van der Waals surface area contributed by atoms with E-state index >= 15 is 0 Å². The first-order valence-corrected chi connectivity index (χ1v) is 8.69. The summed E-state index contributed by atoms with van der Waals surface area (Å²) in [4.78, 5) is 28.9. The van der Waals surface area contributed by atoms with Gasteiger partial charge in [0.1, 0.15) is 0 Å². The molecule has 2 heterocycles. The molecule has 0 bridgehead atoms. The summed E-state index contributed by atoms with van der Waals surface area (Å²) in [5.74, 6) is 0.410. The van der Waals surface area contributed by atoms with E-state index in [1.165, 1.54) is 18.5 Å². The molecule has 3 aromatic rings. The van der Waals surface area contributed by atoms with Crippen molar-refractivity contribution in [3.05, 3.63) is 77.1 Å². The van der Waals surface area contributed by atoms with E-state index in [9.17, 15) is 9.59 Å². The summed E-state index contributed by atoms with van der Waals surface area (Å²) in [6.45, 7) is 0.154. The quantitative estimate of drug-likeness (QED) is 0.697. The van der Waals surface area contributed by atoms with Gasteiger partial charge in [0.15, 0.2) is 11.5 Å². The Balaban J connectivity index is 1.47. The van der Waals surface area contributed by atoms with Crippen LogP contribution < -0.4 is 20.1 Å². The number of hydrogen-bond acceptors (Lipinski definition) is 5. The van der Waals surface area contributed by atoms with E-state index in [0.717, 1.165) is 0 Å². The van der Waals surface area contributed by atoms with Crippen LogP contribution in [0.25, 0.3) is 0 Å². The molecule has 0 fully saturated rings. The number of nitrogens with one attached hydrogen (secondary N) is 2. The second-order valence-electron chi connectivity index (χ2n) is 5.95. The Labute approximate surface area is 165 Å². The maximum absolute atomic E-state index is 12.5. The Hall–Kier alpha value is -3.58. The third-order valence-corrected chi connectivity index (χ3v) is 4.25. The van der Waals surface area contributed by atoms with Crippen molar-refractivity contribution in [3.8, 4) is 11.5 Å². The third-order valence-electron chi connectivity index (χ3n) is 4.00. The predicted molar refractivity (Wildman–Crippen MR) is 104 cm³/mol. The van der Waals surface area contributed by atoms with Gasteiger partial charge in [-0.25, -0.2) is 0 Å². The minimum atomic E-state index is -0.396. The summed E-state index contributed by atoms with van der Waals surface area (Å²) in [6.07, 6.45) is 2.78. The maximum atomic E-state index is 12.5. The second-order valence-corrected chi connectivity index (χ2v) is 6.38. The Bertz CT molecular complexity index is 1050. The Morgan fingerprint density at radius 2 is 1.43 bits per heavy atom. The van der Waals surface area contributed by atoms with Gasteiger partial charge in [-0.1, -0.05) is 11.6 Å². The van der Waals surface area contributed by atoms with Crippen molar-refractivity contribution in [2.45, 2.75) is 0 Å². The number of amides is 2. The van der Waals surface area contributed by atoms with Gasteiger partial charge in [0, 0.05) is 34.9 Å². The van der Waals surface area contributed by atoms with Crippen LogP contribution in [-0.4, -0.2) is 23.6 Å². The van der Waals surface area contributed by atoms with Crippen LogP contribution in [0.5, 0.6) is 11.5 Å². The number of hydrogen-bond donors (Lipinski definition) is 2. The van der Waals surface area contributed by atoms with Crippen molar-refractivity contribution < 1.29 is 19.1 Å². The summed E-state index contributed by atoms with van der Waals surface area (Å²) < 4.78 is 10.5. The largest absolute Gasteiger partial charge is 0.454 e. The van der Waals surface area contributed by atoms with E-state index in [-0.39, 0.29) is 23.8 Å². The number of nitrogens with zero attached hydrogens (tertiary/aromatic N) is 1. The average Bonchev–Trinajstić information content (AvgIpc) is 3.17. The van der Waals surface area contributed by atoms with Gasteiger partial charge in [0.2, 0.25) is 6.79 Å². The third kappa shape index (κ3) is 3.89. The molecule has 4 rings (SSSR count). The topological polar surface area (TPSA) is 89.6 Å². The van der Waals surface area contributed by atoms with E-state index in [2.05, 4.69) is 15.6 Å². The fourth-order valence-electron chi connectivity index (χ4n) is 2.60. The SMILES string of the molecule is O=C(Nc1ccc(Cl)cc1)c1cncc(C(=O)Nc2ccc3c(c2)OCO3)c1. The normalized spacial score (nSPS) is 11.8. The molecule has 1 aromatic heterocycles. The highest BCUT2D eigenvalue weighted by Gasteiger charge is 2.16. The number of halogens is 1. The fourth-order valence-corrected chi connectivity index (χ4v) is 2.73. The zero-order valence-corrected chi connectivity index (χ0v) is 15.2. The highest BCUT2D eigenvalue weighted by atomic mass is 35.5. The first-order valence-electron chi connectivity index (χ1n) is 8.31. The molecule has 0 saturated carbocycles. The molecule has 1 aliphatic heterocycles. The molecule has 2 aromatic carbocycles. The lowest BCUT2D eigenvalue weighted by Gasteiger charge is -2.08. The van der Waals surface area contributed by atoms with Gasteiger partial charge in [-0.3, -0.25) is 14.6 Å². The molecule has 28 heavy (non-hydrogen) atoms. The minimum Gasteiger partial charge on any atom is -0.454 e. The van der Waals surface area contributed by atoms with Crippen LogP contribution >= 0.6 is 11.6 Å². The molecule has 7 nitrogen and oxygen atoms in total. The Kier molecular flexibility index (Phi) is 4.82. The molecule has 2 N–H and O–H groups in total. The zero-order valence-electron chi connectivity index (χ0n) is 14.4. The van der Waals surface area contributed by atoms with E-state index in [1.807, 2.05) is 0 Å². The highest BCUT2D eigenvalue weighted by Crippen LogP contribution is 2.34. The summed E-state index contributed by atoms with van der Waals surface area (Å²) >= 11 is 5.84. The van der Waals surface area contributed by atoms with E-state index < -0.39 is 5.91 Å².